The van der Waals surface area contributed by atoms with Gasteiger partial charge < -0.3 is 15.2 Å². The van der Waals surface area contributed by atoms with Crippen LogP contribution in [0.15, 0.2) is 27.3 Å². The lowest BCUT2D eigenvalue weighted by Crippen LogP contribution is -2.70. The lowest BCUT2D eigenvalue weighted by molar-refractivity contribution is -0.150. The maximum atomic E-state index is 13.0. The van der Waals surface area contributed by atoms with E-state index >= 15 is 0 Å². The smallest absolute Gasteiger partial charge is 0.413 e. The number of ether oxygens (including phenoxy) is 1. The molecule has 0 radical (unpaired) electrons. The van der Waals surface area contributed by atoms with E-state index in [2.05, 4.69) is 31.1 Å². The first kappa shape index (κ1) is 28.8. The van der Waals surface area contributed by atoms with Crippen molar-refractivity contribution in [3.63, 3.8) is 0 Å². The molecule has 18 heteroatoms. The predicted molar refractivity (Wildman–Crippen MR) is 145 cm³/mol. The number of anilines is 1. The summed E-state index contributed by atoms with van der Waals surface area (Å²) in [7, 11) is 1.67. The number of rotatable bonds is 8. The van der Waals surface area contributed by atoms with E-state index in [1.54, 1.807) is 27.8 Å². The molecule has 1 fully saturated rings. The summed E-state index contributed by atoms with van der Waals surface area (Å²) in [6, 6.07) is -0.960. The first-order chi connectivity index (χ1) is 18.4. The van der Waals surface area contributed by atoms with Crippen molar-refractivity contribution in [1.29, 1.82) is 0 Å². The number of carbonyl (C=O) groups excluding carboxylic acids is 3. The quantitative estimate of drug-likeness (QED) is 0.224. The molecule has 1 saturated heterocycles. The van der Waals surface area contributed by atoms with Crippen LogP contribution in [0.1, 0.15) is 26.5 Å². The molecule has 4 rings (SSSR count). The summed E-state index contributed by atoms with van der Waals surface area (Å²) in [4.78, 5) is 55.5. The van der Waals surface area contributed by atoms with Crippen molar-refractivity contribution in [2.75, 3.05) is 16.8 Å². The third kappa shape index (κ3) is 6.37. The van der Waals surface area contributed by atoms with E-state index in [1.165, 1.54) is 38.5 Å². The number of thioether (sulfide) groups is 2. The van der Waals surface area contributed by atoms with Gasteiger partial charge in [0.2, 0.25) is 5.16 Å². The number of hydrogen-bond donors (Lipinski definition) is 3. The Labute approximate surface area is 239 Å². The van der Waals surface area contributed by atoms with Crippen molar-refractivity contribution < 1.29 is 29.0 Å². The number of fused-ring (bicyclic) bond motifs is 1. The Morgan fingerprint density at radius 1 is 1.36 bits per heavy atom. The second kappa shape index (κ2) is 11.5. The molecule has 208 valence electrons. The molecule has 0 bridgehead atoms. The summed E-state index contributed by atoms with van der Waals surface area (Å²) in [6.07, 6.45) is -0.702. The van der Waals surface area contributed by atoms with Gasteiger partial charge in [-0.1, -0.05) is 23.4 Å². The molecule has 39 heavy (non-hydrogen) atoms. The average Bonchev–Trinajstić information content (AvgIpc) is 3.48. The number of carbonyl (C=O) groups is 4. The van der Waals surface area contributed by atoms with Crippen LogP contribution >= 0.6 is 46.5 Å². The molecule has 4 heterocycles. The summed E-state index contributed by atoms with van der Waals surface area (Å²) in [6.45, 7) is 5.16. The van der Waals surface area contributed by atoms with Gasteiger partial charge in [0.05, 0.1) is 11.3 Å². The summed E-state index contributed by atoms with van der Waals surface area (Å²) >= 11 is 9.57. The highest BCUT2D eigenvalue weighted by atomic mass is 35.5. The van der Waals surface area contributed by atoms with E-state index in [9.17, 15) is 24.3 Å². The maximum Gasteiger partial charge on any atom is 0.413 e. The van der Waals surface area contributed by atoms with E-state index in [4.69, 9.17) is 16.3 Å². The molecule has 0 spiro atoms. The number of nitrogens with zero attached hydrogens (tertiary/aromatic N) is 6. The molecular weight excluding hydrogens is 592 g/mol. The van der Waals surface area contributed by atoms with E-state index < -0.39 is 40.9 Å². The Morgan fingerprint density at radius 3 is 2.72 bits per heavy atom. The average molecular weight is 615 g/mol. The molecule has 2 aliphatic heterocycles. The highest BCUT2D eigenvalue weighted by Gasteiger charge is 2.54. The number of thiazole rings is 1. The molecule has 0 saturated carbocycles. The van der Waals surface area contributed by atoms with Gasteiger partial charge in [-0.3, -0.25) is 19.8 Å². The molecule has 2 aliphatic rings. The van der Waals surface area contributed by atoms with E-state index in [1.807, 2.05) is 0 Å². The normalized spacial score (nSPS) is 19.4. The van der Waals surface area contributed by atoms with Crippen LogP contribution in [0.5, 0.6) is 0 Å². The molecule has 1 unspecified atom stereocenters. The van der Waals surface area contributed by atoms with E-state index in [-0.39, 0.29) is 27.8 Å². The zero-order valence-electron chi connectivity index (χ0n) is 21.0. The van der Waals surface area contributed by atoms with Crippen molar-refractivity contribution in [2.45, 2.75) is 42.9 Å². The highest BCUT2D eigenvalue weighted by molar-refractivity contribution is 8.01. The Morgan fingerprint density at radius 2 is 2.10 bits per heavy atom. The van der Waals surface area contributed by atoms with Crippen LogP contribution in [0.25, 0.3) is 5.57 Å². The number of carboxylic acids is 1. The number of aromatic nitrogens is 5. The van der Waals surface area contributed by atoms with Crippen molar-refractivity contribution in [3.05, 3.63) is 27.9 Å². The molecule has 0 aliphatic carbocycles. The number of nitrogens with one attached hydrogen (secondary N) is 2. The van der Waals surface area contributed by atoms with E-state index in [0.717, 1.165) is 16.9 Å². The maximum absolute atomic E-state index is 13.0. The van der Waals surface area contributed by atoms with Crippen molar-refractivity contribution in [3.8, 4) is 0 Å². The number of aliphatic carboxylic acids is 1. The fraction of sp³-hybridized carbons (Fsp3) is 0.429. The van der Waals surface area contributed by atoms with Crippen LogP contribution in [-0.2, 0) is 26.2 Å². The minimum atomic E-state index is -1.24. The number of aryl methyl sites for hydroxylation is 1. The largest absolute Gasteiger partial charge is 0.477 e. The van der Waals surface area contributed by atoms with Gasteiger partial charge in [-0.25, -0.2) is 19.3 Å². The first-order valence-electron chi connectivity index (χ1n) is 11.2. The van der Waals surface area contributed by atoms with Gasteiger partial charge in [-0.05, 0) is 36.8 Å². The van der Waals surface area contributed by atoms with Gasteiger partial charge in [0.1, 0.15) is 22.7 Å². The number of carboxylic acid groups (broad SMARTS) is 1. The van der Waals surface area contributed by atoms with Crippen LogP contribution in [0.3, 0.4) is 0 Å². The van der Waals surface area contributed by atoms with Gasteiger partial charge in [-0.2, -0.15) is 0 Å². The van der Waals surface area contributed by atoms with Crippen LogP contribution in [0.4, 0.5) is 9.93 Å². The lowest BCUT2D eigenvalue weighted by atomic mass is 10.0. The SMILES string of the molecule is Cn1nnnc1SCC1=C(C(=O)O)N2C(=O)C(NC(=O)/C(=C/Cl)c3csc(NC(=O)OC(C)(C)C)n3)[C@H]2SC1. The number of tetrazole rings is 1. The van der Waals surface area contributed by atoms with Crippen LogP contribution in [0.2, 0.25) is 0 Å². The van der Waals surface area contributed by atoms with Gasteiger partial charge in [0.15, 0.2) is 5.13 Å². The van der Waals surface area contributed by atoms with Crippen LogP contribution in [-0.4, -0.2) is 87.6 Å². The summed E-state index contributed by atoms with van der Waals surface area (Å²) < 4.78 is 6.65. The lowest BCUT2D eigenvalue weighted by Gasteiger charge is -2.49. The first-order valence-corrected chi connectivity index (χ1v) is 14.6. The molecule has 14 nitrogen and oxygen atoms in total. The summed E-state index contributed by atoms with van der Waals surface area (Å²) in [5, 5.41) is 27.8. The standard InChI is InChI=1S/C21H23ClN8O6S3/c1-21(2,3)36-20(35)25-18-23-11(8-38-18)10(5-22)14(31)24-12-15(32)30-13(17(33)34)9(6-37-16(12)30)7-39-19-26-27-28-29(19)4/h5,8,12,16H,6-7H2,1-4H3,(H,24,31)(H,33,34)(H,23,25,35)/b10-5+/t12?,16-/m1/s1. The second-order valence-corrected chi connectivity index (χ2v) is 12.3. The number of hydrogen-bond acceptors (Lipinski definition) is 12. The molecule has 3 N–H and O–H groups in total. The number of β-lactam (4-membered cyclic amide) rings is 1. The third-order valence-corrected chi connectivity index (χ3v) is 8.65. The van der Waals surface area contributed by atoms with Crippen LogP contribution in [0, 0.1) is 0 Å². The van der Waals surface area contributed by atoms with E-state index in [0.29, 0.717) is 16.5 Å². The van der Waals surface area contributed by atoms with Gasteiger partial charge in [-0.15, -0.1) is 28.2 Å². The topological polar surface area (TPSA) is 182 Å². The minimum Gasteiger partial charge on any atom is -0.477 e. The minimum absolute atomic E-state index is 0.0272. The van der Waals surface area contributed by atoms with Gasteiger partial charge in [0.25, 0.3) is 11.8 Å². The molecule has 0 aromatic carbocycles. The molecule has 2 aromatic heterocycles. The second-order valence-electron chi connectivity index (χ2n) is 9.18. The molecule has 2 atom stereocenters. The van der Waals surface area contributed by atoms with Crippen molar-refractivity contribution in [1.82, 2.24) is 35.4 Å². The highest BCUT2D eigenvalue weighted by Crippen LogP contribution is 2.41. The third-order valence-electron chi connectivity index (χ3n) is 5.23. The molecular formula is C21H23ClN8O6S3. The zero-order valence-corrected chi connectivity index (χ0v) is 24.2. The summed E-state index contributed by atoms with van der Waals surface area (Å²) in [5.74, 6) is -1.85. The fourth-order valence-corrected chi connectivity index (χ4v) is 6.82. The van der Waals surface area contributed by atoms with Gasteiger partial charge >= 0.3 is 12.1 Å². The van der Waals surface area contributed by atoms with Crippen LogP contribution < -0.4 is 10.6 Å². The molecule has 2 aromatic rings. The van der Waals surface area contributed by atoms with Crippen molar-refractivity contribution >= 4 is 81.0 Å². The Kier molecular flexibility index (Phi) is 8.53. The van der Waals surface area contributed by atoms with Gasteiger partial charge in [0, 0.05) is 29.5 Å². The Bertz CT molecular complexity index is 1380. The number of amides is 3. The summed E-state index contributed by atoms with van der Waals surface area (Å²) in [5.41, 5.74) is 0.915. The fourth-order valence-electron chi connectivity index (χ4n) is 3.58. The predicted octanol–water partition coefficient (Wildman–Crippen LogP) is 2.12. The molecule has 3 amide bonds. The zero-order chi connectivity index (χ0) is 28.5. The Hall–Kier alpha value is -3.15. The monoisotopic (exact) mass is 614 g/mol. The van der Waals surface area contributed by atoms with Crippen molar-refractivity contribution in [2.24, 2.45) is 7.05 Å². The Balaban J connectivity index is 1.42. The number of halogens is 1.